The quantitative estimate of drug-likeness (QED) is 0.448. The van der Waals surface area contributed by atoms with Gasteiger partial charge < -0.3 is 4.90 Å². The van der Waals surface area contributed by atoms with E-state index in [-0.39, 0.29) is 0 Å². The second kappa shape index (κ2) is 8.13. The molecule has 0 heterocycles. The SMILES string of the molecule is CN(C)C1=CC=CC1CC(=NNc1ccc2ccccc2c1)c1ccccc1. The zero-order valence-corrected chi connectivity index (χ0v) is 16.3. The van der Waals surface area contributed by atoms with E-state index < -0.39 is 0 Å². The second-order valence-electron chi connectivity index (χ2n) is 7.28. The van der Waals surface area contributed by atoms with Crippen molar-refractivity contribution in [2.24, 2.45) is 11.0 Å². The highest BCUT2D eigenvalue weighted by Gasteiger charge is 2.19. The van der Waals surface area contributed by atoms with Crippen LogP contribution in [0.4, 0.5) is 5.69 Å². The minimum absolute atomic E-state index is 0.340. The van der Waals surface area contributed by atoms with Crippen molar-refractivity contribution >= 4 is 22.2 Å². The Morgan fingerprint density at radius 3 is 2.46 bits per heavy atom. The Labute approximate surface area is 166 Å². The fourth-order valence-electron chi connectivity index (χ4n) is 3.62. The molecule has 1 aliphatic rings. The molecule has 4 rings (SSSR count). The van der Waals surface area contributed by atoms with Crippen LogP contribution in [0.25, 0.3) is 10.8 Å². The highest BCUT2D eigenvalue weighted by molar-refractivity contribution is 6.01. The molecule has 1 unspecified atom stereocenters. The van der Waals surface area contributed by atoms with Crippen LogP contribution >= 0.6 is 0 Å². The van der Waals surface area contributed by atoms with E-state index in [0.717, 1.165) is 23.4 Å². The van der Waals surface area contributed by atoms with E-state index in [1.54, 1.807) is 0 Å². The normalized spacial score (nSPS) is 16.3. The number of nitrogens with one attached hydrogen (secondary N) is 1. The van der Waals surface area contributed by atoms with Crippen molar-refractivity contribution in [3.05, 3.63) is 102 Å². The first kappa shape index (κ1) is 18.1. The Bertz CT molecular complexity index is 1050. The van der Waals surface area contributed by atoms with Crippen molar-refractivity contribution in [2.75, 3.05) is 19.5 Å². The molecular formula is C25H25N3. The summed E-state index contributed by atoms with van der Waals surface area (Å²) in [6, 6.07) is 25.1. The van der Waals surface area contributed by atoms with E-state index in [2.05, 4.69) is 109 Å². The fraction of sp³-hybridized carbons (Fsp3) is 0.160. The van der Waals surface area contributed by atoms with Gasteiger partial charge in [-0.2, -0.15) is 5.10 Å². The summed E-state index contributed by atoms with van der Waals surface area (Å²) < 4.78 is 0. The third kappa shape index (κ3) is 3.99. The van der Waals surface area contributed by atoms with Gasteiger partial charge in [0.1, 0.15) is 0 Å². The topological polar surface area (TPSA) is 27.6 Å². The minimum Gasteiger partial charge on any atom is -0.380 e. The van der Waals surface area contributed by atoms with Crippen molar-refractivity contribution in [1.29, 1.82) is 0 Å². The fourth-order valence-corrected chi connectivity index (χ4v) is 3.62. The summed E-state index contributed by atoms with van der Waals surface area (Å²) in [7, 11) is 4.19. The molecule has 0 amide bonds. The van der Waals surface area contributed by atoms with E-state index in [0.29, 0.717) is 5.92 Å². The molecule has 3 nitrogen and oxygen atoms in total. The molecule has 0 saturated heterocycles. The predicted molar refractivity (Wildman–Crippen MR) is 120 cm³/mol. The molecule has 3 aromatic carbocycles. The molecule has 3 heteroatoms. The lowest BCUT2D eigenvalue weighted by molar-refractivity contribution is 0.460. The summed E-state index contributed by atoms with van der Waals surface area (Å²) >= 11 is 0. The molecule has 0 fully saturated rings. The smallest absolute Gasteiger partial charge is 0.0689 e. The number of nitrogens with zero attached hydrogens (tertiary/aromatic N) is 2. The van der Waals surface area contributed by atoms with E-state index in [1.807, 2.05) is 6.07 Å². The van der Waals surface area contributed by atoms with Gasteiger partial charge in [0.25, 0.3) is 0 Å². The molecule has 0 aromatic heterocycles. The Kier molecular flexibility index (Phi) is 5.24. The summed E-state index contributed by atoms with van der Waals surface area (Å²) in [5.74, 6) is 0.340. The lowest BCUT2D eigenvalue weighted by Crippen LogP contribution is -2.19. The summed E-state index contributed by atoms with van der Waals surface area (Å²) in [5, 5.41) is 7.26. The van der Waals surface area contributed by atoms with Crippen LogP contribution in [0.3, 0.4) is 0 Å². The zero-order valence-electron chi connectivity index (χ0n) is 16.3. The molecule has 1 atom stereocenters. The van der Waals surface area contributed by atoms with Gasteiger partial charge in [-0.3, -0.25) is 5.43 Å². The van der Waals surface area contributed by atoms with Gasteiger partial charge in [-0.1, -0.05) is 72.8 Å². The van der Waals surface area contributed by atoms with Crippen LogP contribution in [0.5, 0.6) is 0 Å². The van der Waals surface area contributed by atoms with E-state index in [1.165, 1.54) is 16.5 Å². The molecule has 0 spiro atoms. The van der Waals surface area contributed by atoms with Crippen molar-refractivity contribution in [1.82, 2.24) is 4.90 Å². The molecule has 1 aliphatic carbocycles. The van der Waals surface area contributed by atoms with Crippen molar-refractivity contribution in [2.45, 2.75) is 6.42 Å². The lowest BCUT2D eigenvalue weighted by atomic mass is 9.96. The summed E-state index contributed by atoms with van der Waals surface area (Å²) in [6.07, 6.45) is 7.43. The molecule has 3 aromatic rings. The maximum absolute atomic E-state index is 4.82. The van der Waals surface area contributed by atoms with Crippen LogP contribution in [0.15, 0.2) is 102 Å². The van der Waals surface area contributed by atoms with Gasteiger partial charge in [-0.05, 0) is 34.5 Å². The van der Waals surface area contributed by atoms with Crippen molar-refractivity contribution in [3.8, 4) is 0 Å². The number of hydrogen-bond acceptors (Lipinski definition) is 3. The summed E-state index contributed by atoms with van der Waals surface area (Å²) in [4.78, 5) is 2.18. The highest BCUT2D eigenvalue weighted by atomic mass is 15.3. The van der Waals surface area contributed by atoms with Gasteiger partial charge in [0.2, 0.25) is 0 Å². The Morgan fingerprint density at radius 2 is 1.68 bits per heavy atom. The first-order valence-corrected chi connectivity index (χ1v) is 9.63. The third-order valence-corrected chi connectivity index (χ3v) is 5.10. The lowest BCUT2D eigenvalue weighted by Gasteiger charge is -2.22. The van der Waals surface area contributed by atoms with Crippen LogP contribution in [-0.2, 0) is 0 Å². The summed E-state index contributed by atoms with van der Waals surface area (Å²) in [5.41, 5.74) is 7.80. The Hall–Kier alpha value is -3.33. The highest BCUT2D eigenvalue weighted by Crippen LogP contribution is 2.26. The van der Waals surface area contributed by atoms with Gasteiger partial charge in [-0.25, -0.2) is 0 Å². The molecule has 0 bridgehead atoms. The Morgan fingerprint density at radius 1 is 0.929 bits per heavy atom. The maximum Gasteiger partial charge on any atom is 0.0689 e. The molecule has 140 valence electrons. The van der Waals surface area contributed by atoms with Gasteiger partial charge in [0.05, 0.1) is 11.4 Å². The minimum atomic E-state index is 0.340. The monoisotopic (exact) mass is 367 g/mol. The van der Waals surface area contributed by atoms with Crippen LogP contribution in [0.2, 0.25) is 0 Å². The first-order chi connectivity index (χ1) is 13.7. The number of hydrogen-bond donors (Lipinski definition) is 1. The van der Waals surface area contributed by atoms with Crippen molar-refractivity contribution in [3.63, 3.8) is 0 Å². The second-order valence-corrected chi connectivity index (χ2v) is 7.28. The molecule has 28 heavy (non-hydrogen) atoms. The molecule has 0 saturated carbocycles. The zero-order chi connectivity index (χ0) is 19.3. The van der Waals surface area contributed by atoms with E-state index >= 15 is 0 Å². The van der Waals surface area contributed by atoms with Crippen LogP contribution in [0.1, 0.15) is 12.0 Å². The number of rotatable bonds is 6. The standard InChI is InChI=1S/C25H25N3/c1-28(2)25-14-8-13-22(25)18-24(20-10-4-3-5-11-20)27-26-23-16-15-19-9-6-7-12-21(19)17-23/h3-17,22,26H,18H2,1-2H3. The number of anilines is 1. The largest absolute Gasteiger partial charge is 0.380 e. The first-order valence-electron chi connectivity index (χ1n) is 9.63. The van der Waals surface area contributed by atoms with Crippen LogP contribution < -0.4 is 5.43 Å². The van der Waals surface area contributed by atoms with Crippen LogP contribution in [-0.4, -0.2) is 24.7 Å². The number of fused-ring (bicyclic) bond motifs is 1. The third-order valence-electron chi connectivity index (χ3n) is 5.10. The number of benzene rings is 3. The van der Waals surface area contributed by atoms with E-state index in [9.17, 15) is 0 Å². The average molecular weight is 367 g/mol. The Balaban J connectivity index is 1.61. The number of hydrazone groups is 1. The van der Waals surface area contributed by atoms with Gasteiger partial charge in [0, 0.05) is 32.1 Å². The summed E-state index contributed by atoms with van der Waals surface area (Å²) in [6.45, 7) is 0. The van der Waals surface area contributed by atoms with Crippen LogP contribution in [0, 0.1) is 5.92 Å². The number of allylic oxidation sites excluding steroid dienone is 3. The van der Waals surface area contributed by atoms with Gasteiger partial charge in [0.15, 0.2) is 0 Å². The van der Waals surface area contributed by atoms with Gasteiger partial charge >= 0.3 is 0 Å². The molecular weight excluding hydrogens is 342 g/mol. The molecule has 1 N–H and O–H groups in total. The predicted octanol–water partition coefficient (Wildman–Crippen LogP) is 5.68. The van der Waals surface area contributed by atoms with Gasteiger partial charge in [-0.15, -0.1) is 0 Å². The average Bonchev–Trinajstić information content (AvgIpc) is 3.20. The molecule has 0 aliphatic heterocycles. The van der Waals surface area contributed by atoms with E-state index in [4.69, 9.17) is 5.10 Å². The maximum atomic E-state index is 4.82. The molecule has 0 radical (unpaired) electrons. The van der Waals surface area contributed by atoms with Crippen molar-refractivity contribution < 1.29 is 0 Å².